The summed E-state index contributed by atoms with van der Waals surface area (Å²) in [6, 6.07) is 7.58. The summed E-state index contributed by atoms with van der Waals surface area (Å²) in [6.45, 7) is 2.57. The van der Waals surface area contributed by atoms with Crippen molar-refractivity contribution in [3.05, 3.63) is 29.5 Å². The summed E-state index contributed by atoms with van der Waals surface area (Å²) < 4.78 is 10.3. The third-order valence-corrected chi connectivity index (χ3v) is 2.36. The molecule has 0 radical (unpaired) electrons. The minimum atomic E-state index is 0.0697. The van der Waals surface area contributed by atoms with Crippen molar-refractivity contribution in [2.24, 2.45) is 0 Å². The Morgan fingerprint density at radius 3 is 2.53 bits per heavy atom. The Labute approximate surface area is 115 Å². The molecule has 0 aliphatic rings. The predicted octanol–water partition coefficient (Wildman–Crippen LogP) is 2.68. The van der Waals surface area contributed by atoms with Gasteiger partial charge in [0, 0.05) is 5.69 Å². The first-order valence-electron chi connectivity index (χ1n) is 5.66. The molecule has 6 nitrogen and oxygen atoms in total. The molecule has 0 unspecified atom stereocenters. The molecule has 1 heterocycles. The van der Waals surface area contributed by atoms with E-state index in [-0.39, 0.29) is 11.3 Å². The van der Waals surface area contributed by atoms with Crippen molar-refractivity contribution in [3.8, 4) is 11.8 Å². The topological polar surface area (TPSA) is 69.2 Å². The van der Waals surface area contributed by atoms with Crippen LogP contribution in [0.15, 0.2) is 24.3 Å². The smallest absolute Gasteiger partial charge is 0.322 e. The second-order valence-electron chi connectivity index (χ2n) is 3.50. The van der Waals surface area contributed by atoms with Crippen LogP contribution < -0.4 is 14.8 Å². The first kappa shape index (κ1) is 13.4. The molecule has 0 saturated heterocycles. The normalized spacial score (nSPS) is 10.1. The average molecular weight is 281 g/mol. The fraction of sp³-hybridized carbons (Fsp3) is 0.250. The second-order valence-corrected chi connectivity index (χ2v) is 3.84. The number of benzene rings is 1. The predicted molar refractivity (Wildman–Crippen MR) is 72.3 cm³/mol. The van der Waals surface area contributed by atoms with E-state index in [4.69, 9.17) is 21.1 Å². The number of ether oxygens (including phenoxy) is 2. The van der Waals surface area contributed by atoms with E-state index in [0.717, 1.165) is 11.4 Å². The van der Waals surface area contributed by atoms with Crippen molar-refractivity contribution < 1.29 is 9.47 Å². The van der Waals surface area contributed by atoms with E-state index in [2.05, 4.69) is 20.3 Å². The van der Waals surface area contributed by atoms with Crippen LogP contribution in [-0.4, -0.2) is 28.7 Å². The number of anilines is 2. The Bertz CT molecular complexity index is 548. The van der Waals surface area contributed by atoms with Gasteiger partial charge in [-0.15, -0.1) is 0 Å². The molecule has 1 aromatic heterocycles. The molecule has 1 N–H and O–H groups in total. The Kier molecular flexibility index (Phi) is 4.35. The van der Waals surface area contributed by atoms with Crippen LogP contribution in [0, 0.1) is 0 Å². The van der Waals surface area contributed by atoms with Crippen molar-refractivity contribution in [2.75, 3.05) is 19.0 Å². The number of methoxy groups -OCH3 is 1. The summed E-state index contributed by atoms with van der Waals surface area (Å²) in [5.74, 6) is 1.13. The van der Waals surface area contributed by atoms with Gasteiger partial charge < -0.3 is 14.8 Å². The van der Waals surface area contributed by atoms with Gasteiger partial charge in [-0.3, -0.25) is 0 Å². The van der Waals surface area contributed by atoms with Crippen molar-refractivity contribution in [3.63, 3.8) is 0 Å². The third-order valence-electron chi connectivity index (χ3n) is 2.19. The summed E-state index contributed by atoms with van der Waals surface area (Å²) >= 11 is 5.76. The summed E-state index contributed by atoms with van der Waals surface area (Å²) in [5.41, 5.74) is 0.813. The lowest BCUT2D eigenvalue weighted by molar-refractivity contribution is 0.340. The molecule has 100 valence electrons. The van der Waals surface area contributed by atoms with Crippen LogP contribution in [0.5, 0.6) is 11.8 Å². The van der Waals surface area contributed by atoms with Gasteiger partial charge in [-0.25, -0.2) is 0 Å². The highest BCUT2D eigenvalue weighted by molar-refractivity contribution is 6.28. The number of nitrogens with one attached hydrogen (secondary N) is 1. The van der Waals surface area contributed by atoms with Crippen LogP contribution in [0.2, 0.25) is 5.28 Å². The van der Waals surface area contributed by atoms with E-state index < -0.39 is 0 Å². The highest BCUT2D eigenvalue weighted by Gasteiger charge is 2.05. The minimum Gasteiger partial charge on any atom is -0.494 e. The summed E-state index contributed by atoms with van der Waals surface area (Å²) in [4.78, 5) is 11.8. The Balaban J connectivity index is 2.14. The van der Waals surface area contributed by atoms with E-state index in [1.807, 2.05) is 31.2 Å². The van der Waals surface area contributed by atoms with Crippen LogP contribution in [0.3, 0.4) is 0 Å². The van der Waals surface area contributed by atoms with Gasteiger partial charge in [0.2, 0.25) is 11.2 Å². The van der Waals surface area contributed by atoms with E-state index >= 15 is 0 Å². The van der Waals surface area contributed by atoms with E-state index in [0.29, 0.717) is 12.6 Å². The number of hydrogen-bond acceptors (Lipinski definition) is 6. The largest absolute Gasteiger partial charge is 0.494 e. The van der Waals surface area contributed by atoms with Crippen LogP contribution >= 0.6 is 11.6 Å². The van der Waals surface area contributed by atoms with Crippen molar-refractivity contribution in [1.82, 2.24) is 15.0 Å². The standard InChI is InChI=1S/C12H13ClN4O2/c1-3-19-9-6-4-8(5-7-9)14-11-15-10(13)16-12(17-11)18-2/h4-7H,3H2,1-2H3,(H,14,15,16,17). The van der Waals surface area contributed by atoms with Gasteiger partial charge >= 0.3 is 6.01 Å². The van der Waals surface area contributed by atoms with E-state index in [1.165, 1.54) is 7.11 Å². The fourth-order valence-electron chi connectivity index (χ4n) is 1.41. The summed E-state index contributed by atoms with van der Waals surface area (Å²) in [7, 11) is 1.46. The van der Waals surface area contributed by atoms with Gasteiger partial charge in [-0.1, -0.05) is 0 Å². The molecular weight excluding hydrogens is 268 g/mol. The zero-order valence-corrected chi connectivity index (χ0v) is 11.3. The Morgan fingerprint density at radius 2 is 1.89 bits per heavy atom. The maximum atomic E-state index is 5.76. The van der Waals surface area contributed by atoms with Crippen LogP contribution in [0.1, 0.15) is 6.92 Å². The SMILES string of the molecule is CCOc1ccc(Nc2nc(Cl)nc(OC)n2)cc1. The molecule has 0 saturated carbocycles. The monoisotopic (exact) mass is 280 g/mol. The molecule has 0 aliphatic heterocycles. The first-order valence-corrected chi connectivity index (χ1v) is 6.04. The number of nitrogens with zero attached hydrogens (tertiary/aromatic N) is 3. The average Bonchev–Trinajstić information content (AvgIpc) is 2.40. The molecule has 2 rings (SSSR count). The lowest BCUT2D eigenvalue weighted by atomic mass is 10.3. The molecule has 0 fully saturated rings. The number of rotatable bonds is 5. The third kappa shape index (κ3) is 3.69. The summed E-state index contributed by atoms with van der Waals surface area (Å²) in [6.07, 6.45) is 0. The molecule has 0 aliphatic carbocycles. The van der Waals surface area contributed by atoms with Gasteiger partial charge in [0.25, 0.3) is 0 Å². The van der Waals surface area contributed by atoms with E-state index in [1.54, 1.807) is 0 Å². The van der Waals surface area contributed by atoms with Gasteiger partial charge in [0.1, 0.15) is 5.75 Å². The maximum absolute atomic E-state index is 5.76. The van der Waals surface area contributed by atoms with Crippen LogP contribution in [0.4, 0.5) is 11.6 Å². The quantitative estimate of drug-likeness (QED) is 0.908. The van der Waals surface area contributed by atoms with Crippen LogP contribution in [-0.2, 0) is 0 Å². The van der Waals surface area contributed by atoms with E-state index in [9.17, 15) is 0 Å². The molecule has 2 aromatic rings. The number of aromatic nitrogens is 3. The second kappa shape index (κ2) is 6.19. The molecular formula is C12H13ClN4O2. The highest BCUT2D eigenvalue weighted by atomic mass is 35.5. The lowest BCUT2D eigenvalue weighted by Gasteiger charge is -2.07. The molecule has 1 aromatic carbocycles. The lowest BCUT2D eigenvalue weighted by Crippen LogP contribution is -2.01. The number of halogens is 1. The fourth-order valence-corrected chi connectivity index (χ4v) is 1.56. The molecule has 7 heteroatoms. The number of hydrogen-bond donors (Lipinski definition) is 1. The molecule has 0 bridgehead atoms. The van der Waals surface area contributed by atoms with Gasteiger partial charge in [0.15, 0.2) is 0 Å². The highest BCUT2D eigenvalue weighted by Crippen LogP contribution is 2.19. The van der Waals surface area contributed by atoms with Gasteiger partial charge in [-0.05, 0) is 42.8 Å². The van der Waals surface area contributed by atoms with Crippen molar-refractivity contribution in [1.29, 1.82) is 0 Å². The first-order chi connectivity index (χ1) is 9.21. The molecule has 19 heavy (non-hydrogen) atoms. The molecule has 0 spiro atoms. The summed E-state index contributed by atoms with van der Waals surface area (Å²) in [5, 5.41) is 3.08. The maximum Gasteiger partial charge on any atom is 0.322 e. The molecule has 0 atom stereocenters. The van der Waals surface area contributed by atoms with Gasteiger partial charge in [0.05, 0.1) is 13.7 Å². The van der Waals surface area contributed by atoms with Crippen molar-refractivity contribution in [2.45, 2.75) is 6.92 Å². The van der Waals surface area contributed by atoms with Gasteiger partial charge in [-0.2, -0.15) is 15.0 Å². The Hall–Kier alpha value is -2.08. The zero-order valence-electron chi connectivity index (χ0n) is 10.6. The van der Waals surface area contributed by atoms with Crippen molar-refractivity contribution >= 4 is 23.2 Å². The Morgan fingerprint density at radius 1 is 1.16 bits per heavy atom. The minimum absolute atomic E-state index is 0.0697. The van der Waals surface area contributed by atoms with Crippen LogP contribution in [0.25, 0.3) is 0 Å². The molecule has 0 amide bonds. The zero-order chi connectivity index (χ0) is 13.7.